The highest BCUT2D eigenvalue weighted by Crippen LogP contribution is 2.34. The van der Waals surface area contributed by atoms with E-state index >= 15 is 0 Å². The number of guanidine groups is 1. The minimum Gasteiger partial charge on any atom is -0.377 e. The third-order valence-corrected chi connectivity index (χ3v) is 5.23. The van der Waals surface area contributed by atoms with Crippen LogP contribution in [-0.4, -0.2) is 62.8 Å². The Morgan fingerprint density at radius 1 is 1.28 bits per heavy atom. The molecular formula is C20H42N4O. The van der Waals surface area contributed by atoms with Crippen molar-refractivity contribution in [1.82, 2.24) is 15.5 Å². The number of hydrogen-bond acceptors (Lipinski definition) is 3. The molecule has 0 spiro atoms. The zero-order valence-corrected chi connectivity index (χ0v) is 17.7. The Balaban J connectivity index is 2.56. The fourth-order valence-corrected chi connectivity index (χ4v) is 3.42. The Kier molecular flexibility index (Phi) is 9.80. The number of nitrogens with one attached hydrogen (secondary N) is 2. The van der Waals surface area contributed by atoms with Crippen molar-refractivity contribution in [3.63, 3.8) is 0 Å². The summed E-state index contributed by atoms with van der Waals surface area (Å²) >= 11 is 0. The number of hydrogen-bond donors (Lipinski definition) is 2. The van der Waals surface area contributed by atoms with Crippen LogP contribution >= 0.6 is 0 Å². The van der Waals surface area contributed by atoms with Crippen LogP contribution in [0.3, 0.4) is 0 Å². The molecule has 0 bridgehead atoms. The summed E-state index contributed by atoms with van der Waals surface area (Å²) in [6, 6.07) is 0.619. The smallest absolute Gasteiger partial charge is 0.191 e. The van der Waals surface area contributed by atoms with Gasteiger partial charge in [-0.25, -0.2) is 0 Å². The fourth-order valence-electron chi connectivity index (χ4n) is 3.42. The number of ether oxygens (including phenoxy) is 1. The predicted octanol–water partition coefficient (Wildman–Crippen LogP) is 3.11. The molecule has 2 N–H and O–H groups in total. The van der Waals surface area contributed by atoms with Crippen LogP contribution in [0.5, 0.6) is 0 Å². The third-order valence-electron chi connectivity index (χ3n) is 5.23. The molecule has 0 aromatic carbocycles. The summed E-state index contributed by atoms with van der Waals surface area (Å²) in [5.74, 6) is 1.44. The highest BCUT2D eigenvalue weighted by atomic mass is 16.5. The molecule has 3 unspecified atom stereocenters. The first-order valence-corrected chi connectivity index (χ1v) is 10.1. The van der Waals surface area contributed by atoms with E-state index in [4.69, 9.17) is 9.73 Å². The molecule has 0 radical (unpaired) electrons. The maximum absolute atomic E-state index is 6.08. The van der Waals surface area contributed by atoms with Crippen molar-refractivity contribution in [2.45, 2.75) is 73.0 Å². The molecule has 0 aromatic heterocycles. The van der Waals surface area contributed by atoms with Crippen LogP contribution in [-0.2, 0) is 4.74 Å². The zero-order chi connectivity index (χ0) is 18.9. The second kappa shape index (κ2) is 11.0. The van der Waals surface area contributed by atoms with Crippen LogP contribution in [0, 0.1) is 11.3 Å². The molecule has 25 heavy (non-hydrogen) atoms. The average Bonchev–Trinajstić information content (AvgIpc) is 2.58. The van der Waals surface area contributed by atoms with Gasteiger partial charge >= 0.3 is 0 Å². The lowest BCUT2D eigenvalue weighted by molar-refractivity contribution is -0.0823. The molecule has 5 nitrogen and oxygen atoms in total. The van der Waals surface area contributed by atoms with Gasteiger partial charge in [-0.3, -0.25) is 4.99 Å². The van der Waals surface area contributed by atoms with Crippen LogP contribution in [0.25, 0.3) is 0 Å². The van der Waals surface area contributed by atoms with E-state index in [1.165, 1.54) is 12.8 Å². The Morgan fingerprint density at radius 3 is 2.60 bits per heavy atom. The van der Waals surface area contributed by atoms with Crippen molar-refractivity contribution in [3.8, 4) is 0 Å². The van der Waals surface area contributed by atoms with Gasteiger partial charge in [0.25, 0.3) is 0 Å². The second-order valence-corrected chi connectivity index (χ2v) is 8.44. The molecule has 1 saturated heterocycles. The lowest BCUT2D eigenvalue weighted by atomic mass is 9.78. The summed E-state index contributed by atoms with van der Waals surface area (Å²) in [5, 5.41) is 6.85. The highest BCUT2D eigenvalue weighted by Gasteiger charge is 2.35. The quantitative estimate of drug-likeness (QED) is 0.519. The van der Waals surface area contributed by atoms with Gasteiger partial charge in [0, 0.05) is 44.7 Å². The fraction of sp³-hybridized carbons (Fsp3) is 0.950. The molecule has 1 rings (SSSR count). The molecule has 1 fully saturated rings. The predicted molar refractivity (Wildman–Crippen MR) is 108 cm³/mol. The standard InChI is InChI=1S/C20H42N4O/c1-8-16(3)24(7)13-12-22-19(21-9-2)23-15-17-11-10-14-25-18(17)20(4,5)6/h16-18H,8-15H2,1-7H3,(H2,21,22,23). The van der Waals surface area contributed by atoms with Gasteiger partial charge in [0.2, 0.25) is 0 Å². The number of nitrogens with zero attached hydrogens (tertiary/aromatic N) is 2. The monoisotopic (exact) mass is 354 g/mol. The maximum atomic E-state index is 6.08. The van der Waals surface area contributed by atoms with Crippen LogP contribution in [0.2, 0.25) is 0 Å². The topological polar surface area (TPSA) is 48.9 Å². The van der Waals surface area contributed by atoms with Crippen LogP contribution in [0.1, 0.15) is 60.8 Å². The summed E-state index contributed by atoms with van der Waals surface area (Å²) in [6.45, 7) is 18.0. The van der Waals surface area contributed by atoms with Gasteiger partial charge < -0.3 is 20.3 Å². The Hall–Kier alpha value is -0.810. The van der Waals surface area contributed by atoms with Gasteiger partial charge in [0.05, 0.1) is 6.10 Å². The van der Waals surface area contributed by atoms with Crippen molar-refractivity contribution in [1.29, 1.82) is 0 Å². The molecule has 0 amide bonds. The van der Waals surface area contributed by atoms with Crippen LogP contribution in [0.4, 0.5) is 0 Å². The van der Waals surface area contributed by atoms with Gasteiger partial charge in [0.15, 0.2) is 5.96 Å². The molecule has 148 valence electrons. The minimum atomic E-state index is 0.172. The first-order valence-electron chi connectivity index (χ1n) is 10.1. The van der Waals surface area contributed by atoms with Crippen molar-refractivity contribution >= 4 is 5.96 Å². The van der Waals surface area contributed by atoms with E-state index in [0.29, 0.717) is 18.1 Å². The van der Waals surface area contributed by atoms with Gasteiger partial charge in [0.1, 0.15) is 0 Å². The Labute approximate surface area is 156 Å². The molecule has 0 aromatic rings. The van der Waals surface area contributed by atoms with Gasteiger partial charge in [-0.1, -0.05) is 27.7 Å². The maximum Gasteiger partial charge on any atom is 0.191 e. The zero-order valence-electron chi connectivity index (χ0n) is 17.7. The van der Waals surface area contributed by atoms with Crippen LogP contribution in [0.15, 0.2) is 4.99 Å². The van der Waals surface area contributed by atoms with E-state index in [1.807, 2.05) is 0 Å². The second-order valence-electron chi connectivity index (χ2n) is 8.44. The van der Waals surface area contributed by atoms with Crippen LogP contribution < -0.4 is 10.6 Å². The highest BCUT2D eigenvalue weighted by molar-refractivity contribution is 5.79. The molecule has 1 heterocycles. The number of likely N-dealkylation sites (N-methyl/N-ethyl adjacent to an activating group) is 1. The van der Waals surface area contributed by atoms with Crippen molar-refractivity contribution in [2.75, 3.05) is 39.8 Å². The van der Waals surface area contributed by atoms with Gasteiger partial charge in [-0.15, -0.1) is 0 Å². The number of rotatable bonds is 8. The minimum absolute atomic E-state index is 0.172. The third kappa shape index (κ3) is 7.95. The van der Waals surface area contributed by atoms with Crippen molar-refractivity contribution < 1.29 is 4.74 Å². The molecule has 5 heteroatoms. The van der Waals surface area contributed by atoms with E-state index in [2.05, 4.69) is 64.1 Å². The van der Waals surface area contributed by atoms with Gasteiger partial charge in [-0.2, -0.15) is 0 Å². The Bertz CT molecular complexity index is 392. The molecule has 0 aliphatic carbocycles. The molecule has 1 aliphatic rings. The van der Waals surface area contributed by atoms with E-state index in [9.17, 15) is 0 Å². The summed E-state index contributed by atoms with van der Waals surface area (Å²) in [4.78, 5) is 7.25. The van der Waals surface area contributed by atoms with E-state index in [-0.39, 0.29) is 5.41 Å². The summed E-state index contributed by atoms with van der Waals surface area (Å²) in [7, 11) is 2.19. The lowest BCUT2D eigenvalue weighted by Crippen LogP contribution is -2.44. The molecule has 3 atom stereocenters. The lowest BCUT2D eigenvalue weighted by Gasteiger charge is -2.39. The van der Waals surface area contributed by atoms with Gasteiger partial charge in [-0.05, 0) is 45.6 Å². The molecule has 0 saturated carbocycles. The van der Waals surface area contributed by atoms with E-state index in [0.717, 1.165) is 45.2 Å². The van der Waals surface area contributed by atoms with E-state index < -0.39 is 0 Å². The molecule has 1 aliphatic heterocycles. The largest absolute Gasteiger partial charge is 0.377 e. The summed E-state index contributed by atoms with van der Waals surface area (Å²) in [6.07, 6.45) is 3.84. The Morgan fingerprint density at radius 2 is 2.00 bits per heavy atom. The summed E-state index contributed by atoms with van der Waals surface area (Å²) < 4.78 is 6.08. The SMILES string of the molecule is CCNC(=NCC1CCCOC1C(C)(C)C)NCCN(C)C(C)CC. The van der Waals surface area contributed by atoms with E-state index in [1.54, 1.807) is 0 Å². The van der Waals surface area contributed by atoms with Crippen molar-refractivity contribution in [3.05, 3.63) is 0 Å². The normalized spacial score (nSPS) is 23.6. The first-order chi connectivity index (χ1) is 11.8. The average molecular weight is 355 g/mol. The number of aliphatic imine (C=N–C) groups is 1. The summed E-state index contributed by atoms with van der Waals surface area (Å²) in [5.41, 5.74) is 0.172. The molecular weight excluding hydrogens is 312 g/mol. The van der Waals surface area contributed by atoms with Crippen molar-refractivity contribution in [2.24, 2.45) is 16.3 Å². The first kappa shape index (κ1) is 22.2.